The fourth-order valence-electron chi connectivity index (χ4n) is 2.38. The molecule has 13 heavy (non-hydrogen) atoms. The molecule has 1 atom stereocenters. The van der Waals surface area contributed by atoms with E-state index in [4.69, 9.17) is 4.74 Å². The summed E-state index contributed by atoms with van der Waals surface area (Å²) in [6, 6.07) is 0. The summed E-state index contributed by atoms with van der Waals surface area (Å²) in [5, 5.41) is 3.35. The minimum atomic E-state index is 0.512. The van der Waals surface area contributed by atoms with Crippen LogP contribution in [0, 0.1) is 5.92 Å². The number of hydrogen-bond acceptors (Lipinski definition) is 2. The third kappa shape index (κ3) is 2.68. The molecule has 76 valence electrons. The molecule has 1 saturated heterocycles. The summed E-state index contributed by atoms with van der Waals surface area (Å²) in [7, 11) is 0. The predicted octanol–water partition coefficient (Wildman–Crippen LogP) is 1.94. The Morgan fingerprint density at radius 2 is 1.77 bits per heavy atom. The van der Waals surface area contributed by atoms with Gasteiger partial charge in [-0.25, -0.2) is 0 Å². The van der Waals surface area contributed by atoms with Gasteiger partial charge in [-0.2, -0.15) is 0 Å². The Bertz CT molecular complexity index is 146. The van der Waals surface area contributed by atoms with Crippen molar-refractivity contribution in [3.05, 3.63) is 0 Å². The zero-order chi connectivity index (χ0) is 9.10. The molecule has 0 bridgehead atoms. The number of rotatable bonds is 2. The average molecular weight is 183 g/mol. The van der Waals surface area contributed by atoms with Crippen molar-refractivity contribution in [1.29, 1.82) is 0 Å². The second kappa shape index (κ2) is 4.43. The van der Waals surface area contributed by atoms with Crippen LogP contribution in [-0.2, 0) is 4.74 Å². The largest absolute Gasteiger partial charge is 0.374 e. The van der Waals surface area contributed by atoms with E-state index in [0.29, 0.717) is 12.2 Å². The average Bonchev–Trinajstić information content (AvgIpc) is 2.62. The van der Waals surface area contributed by atoms with Crippen molar-refractivity contribution < 1.29 is 4.74 Å². The molecule has 1 aliphatic heterocycles. The molecule has 2 rings (SSSR count). The molecule has 0 amide bonds. The topological polar surface area (TPSA) is 21.3 Å². The van der Waals surface area contributed by atoms with Crippen molar-refractivity contribution in [3.63, 3.8) is 0 Å². The molecule has 1 heterocycles. The summed E-state index contributed by atoms with van der Waals surface area (Å²) in [6.45, 7) is 4.58. The van der Waals surface area contributed by atoms with Gasteiger partial charge in [0, 0.05) is 6.54 Å². The smallest absolute Gasteiger partial charge is 0.0715 e. The first-order valence-electron chi connectivity index (χ1n) is 5.71. The third-order valence-electron chi connectivity index (χ3n) is 3.36. The fraction of sp³-hybridized carbons (Fsp3) is 1.00. The van der Waals surface area contributed by atoms with E-state index in [1.165, 1.54) is 32.1 Å². The van der Waals surface area contributed by atoms with Crippen LogP contribution in [0.25, 0.3) is 0 Å². The summed E-state index contributed by atoms with van der Waals surface area (Å²) in [4.78, 5) is 0. The molecule has 0 aromatic carbocycles. The first-order valence-corrected chi connectivity index (χ1v) is 5.71. The van der Waals surface area contributed by atoms with Crippen molar-refractivity contribution in [2.75, 3.05) is 13.1 Å². The molecule has 2 fully saturated rings. The molecule has 2 nitrogen and oxygen atoms in total. The standard InChI is InChI=1S/C11H21NO/c1-9-2-4-10(5-3-9)13-11-6-7-12-8-11/h9-12H,2-8H2,1H3/t9?,10?,11-/m1/s1. The first kappa shape index (κ1) is 9.47. The van der Waals surface area contributed by atoms with E-state index in [0.717, 1.165) is 19.0 Å². The second-order valence-corrected chi connectivity index (χ2v) is 4.63. The van der Waals surface area contributed by atoms with E-state index in [1.807, 2.05) is 0 Å². The molecule has 0 unspecified atom stereocenters. The highest BCUT2D eigenvalue weighted by molar-refractivity contribution is 4.76. The van der Waals surface area contributed by atoms with E-state index in [9.17, 15) is 0 Å². The Kier molecular flexibility index (Phi) is 3.23. The lowest BCUT2D eigenvalue weighted by Crippen LogP contribution is -2.27. The van der Waals surface area contributed by atoms with Gasteiger partial charge in [0.2, 0.25) is 0 Å². The highest BCUT2D eigenvalue weighted by Crippen LogP contribution is 2.26. The Balaban J connectivity index is 1.69. The van der Waals surface area contributed by atoms with Crippen molar-refractivity contribution in [2.24, 2.45) is 5.92 Å². The molecule has 1 N–H and O–H groups in total. The van der Waals surface area contributed by atoms with E-state index in [-0.39, 0.29) is 0 Å². The molecule has 1 saturated carbocycles. The second-order valence-electron chi connectivity index (χ2n) is 4.63. The van der Waals surface area contributed by atoms with E-state index in [1.54, 1.807) is 0 Å². The Labute approximate surface area is 81.0 Å². The van der Waals surface area contributed by atoms with Gasteiger partial charge in [0.15, 0.2) is 0 Å². The van der Waals surface area contributed by atoms with Crippen LogP contribution in [0.15, 0.2) is 0 Å². The van der Waals surface area contributed by atoms with Crippen LogP contribution < -0.4 is 5.32 Å². The van der Waals surface area contributed by atoms with Gasteiger partial charge in [-0.1, -0.05) is 6.92 Å². The fourth-order valence-corrected chi connectivity index (χ4v) is 2.38. The molecule has 2 aliphatic rings. The molecular formula is C11H21NO. The van der Waals surface area contributed by atoms with Crippen molar-refractivity contribution >= 4 is 0 Å². The summed E-state index contributed by atoms with van der Waals surface area (Å²) in [6.07, 6.45) is 7.61. The first-order chi connectivity index (χ1) is 6.34. The van der Waals surface area contributed by atoms with E-state index >= 15 is 0 Å². The van der Waals surface area contributed by atoms with Crippen LogP contribution in [0.5, 0.6) is 0 Å². The summed E-state index contributed by atoms with van der Waals surface area (Å²) in [5.74, 6) is 0.932. The van der Waals surface area contributed by atoms with Crippen LogP contribution in [-0.4, -0.2) is 25.3 Å². The van der Waals surface area contributed by atoms with Gasteiger partial charge in [-0.3, -0.25) is 0 Å². The molecule has 0 aromatic rings. The molecule has 0 aromatic heterocycles. The minimum absolute atomic E-state index is 0.512. The van der Waals surface area contributed by atoms with Gasteiger partial charge in [-0.15, -0.1) is 0 Å². The lowest BCUT2D eigenvalue weighted by molar-refractivity contribution is -0.0258. The molecule has 0 spiro atoms. The maximum Gasteiger partial charge on any atom is 0.0715 e. The summed E-state index contributed by atoms with van der Waals surface area (Å²) < 4.78 is 6.04. The number of nitrogens with one attached hydrogen (secondary N) is 1. The highest BCUT2D eigenvalue weighted by atomic mass is 16.5. The van der Waals surface area contributed by atoms with Crippen LogP contribution in [0.1, 0.15) is 39.0 Å². The zero-order valence-corrected chi connectivity index (χ0v) is 8.59. The predicted molar refractivity (Wildman–Crippen MR) is 53.8 cm³/mol. The maximum absolute atomic E-state index is 6.04. The van der Waals surface area contributed by atoms with Gasteiger partial charge in [0.25, 0.3) is 0 Å². The van der Waals surface area contributed by atoms with Crippen molar-refractivity contribution in [1.82, 2.24) is 5.32 Å². The van der Waals surface area contributed by atoms with Gasteiger partial charge in [-0.05, 0) is 44.6 Å². The summed E-state index contributed by atoms with van der Waals surface area (Å²) in [5.41, 5.74) is 0. The van der Waals surface area contributed by atoms with Crippen molar-refractivity contribution in [2.45, 2.75) is 51.2 Å². The Hall–Kier alpha value is -0.0800. The van der Waals surface area contributed by atoms with Crippen LogP contribution in [0.4, 0.5) is 0 Å². The van der Waals surface area contributed by atoms with Crippen LogP contribution in [0.3, 0.4) is 0 Å². The SMILES string of the molecule is CC1CCC(O[C@@H]2CCNC2)CC1. The zero-order valence-electron chi connectivity index (χ0n) is 8.59. The van der Waals surface area contributed by atoms with Crippen molar-refractivity contribution in [3.8, 4) is 0 Å². The van der Waals surface area contributed by atoms with E-state index in [2.05, 4.69) is 12.2 Å². The Morgan fingerprint density at radius 1 is 1.00 bits per heavy atom. The number of hydrogen-bond donors (Lipinski definition) is 1. The number of ether oxygens (including phenoxy) is 1. The van der Waals surface area contributed by atoms with Gasteiger partial charge in [0.1, 0.15) is 0 Å². The lowest BCUT2D eigenvalue weighted by Gasteiger charge is -2.28. The highest BCUT2D eigenvalue weighted by Gasteiger charge is 2.23. The van der Waals surface area contributed by atoms with E-state index < -0.39 is 0 Å². The molecule has 2 heteroatoms. The minimum Gasteiger partial charge on any atom is -0.374 e. The van der Waals surface area contributed by atoms with Gasteiger partial charge in [0.05, 0.1) is 12.2 Å². The van der Waals surface area contributed by atoms with Gasteiger partial charge >= 0.3 is 0 Å². The lowest BCUT2D eigenvalue weighted by atomic mass is 9.89. The van der Waals surface area contributed by atoms with Gasteiger partial charge < -0.3 is 10.1 Å². The van der Waals surface area contributed by atoms with Crippen LogP contribution in [0.2, 0.25) is 0 Å². The molecule has 1 aliphatic carbocycles. The van der Waals surface area contributed by atoms with Crippen LogP contribution >= 0.6 is 0 Å². The normalized spacial score (nSPS) is 40.8. The Morgan fingerprint density at radius 3 is 2.38 bits per heavy atom. The summed E-state index contributed by atoms with van der Waals surface area (Å²) >= 11 is 0. The monoisotopic (exact) mass is 183 g/mol. The molecular weight excluding hydrogens is 162 g/mol. The third-order valence-corrected chi connectivity index (χ3v) is 3.36. The maximum atomic E-state index is 6.04. The molecule has 0 radical (unpaired) electrons. The quantitative estimate of drug-likeness (QED) is 0.706.